The molecule has 1 aromatic heterocycles. The van der Waals surface area contributed by atoms with Gasteiger partial charge in [0.15, 0.2) is 0 Å². The molecule has 0 aliphatic heterocycles. The van der Waals surface area contributed by atoms with E-state index in [-0.39, 0.29) is 17.6 Å². The van der Waals surface area contributed by atoms with Gasteiger partial charge in [0.05, 0.1) is 30.9 Å². The number of para-hydroxylation sites is 2. The maximum atomic E-state index is 12.3. The molecule has 32 heavy (non-hydrogen) atoms. The highest BCUT2D eigenvalue weighted by Gasteiger charge is 2.13. The van der Waals surface area contributed by atoms with Crippen molar-refractivity contribution in [2.24, 2.45) is 5.10 Å². The van der Waals surface area contributed by atoms with E-state index in [1.807, 2.05) is 50.2 Å². The fourth-order valence-corrected chi connectivity index (χ4v) is 3.26. The smallest absolute Gasteiger partial charge is 0.264 e. The lowest BCUT2D eigenvalue weighted by Gasteiger charge is -2.10. The van der Waals surface area contributed by atoms with Gasteiger partial charge >= 0.3 is 0 Å². The maximum Gasteiger partial charge on any atom is 0.264 e. The Labute approximate surface area is 190 Å². The van der Waals surface area contributed by atoms with Crippen molar-refractivity contribution in [1.82, 2.24) is 14.9 Å². The average molecular weight is 456 g/mol. The number of carbonyl (C=O) groups excluding carboxylic acids is 1. The van der Waals surface area contributed by atoms with Crippen molar-refractivity contribution in [1.29, 1.82) is 0 Å². The first-order valence-electron chi connectivity index (χ1n) is 9.97. The second kappa shape index (κ2) is 11.6. The molecule has 3 rings (SSSR count). The van der Waals surface area contributed by atoms with E-state index in [0.29, 0.717) is 29.8 Å². The second-order valence-electron chi connectivity index (χ2n) is 6.31. The number of anilines is 2. The zero-order valence-electron chi connectivity index (χ0n) is 17.8. The second-order valence-corrected chi connectivity index (χ2v) is 7.26. The Kier molecular flexibility index (Phi) is 8.32. The van der Waals surface area contributed by atoms with Crippen molar-refractivity contribution in [3.8, 4) is 11.5 Å². The van der Waals surface area contributed by atoms with Crippen LogP contribution in [-0.4, -0.2) is 46.0 Å². The van der Waals surface area contributed by atoms with E-state index in [9.17, 15) is 4.79 Å². The van der Waals surface area contributed by atoms with Gasteiger partial charge in [-0.05, 0) is 55.8 Å². The molecule has 0 saturated heterocycles. The number of nitrogens with two attached hydrogens (primary N) is 1. The van der Waals surface area contributed by atoms with Gasteiger partial charge < -0.3 is 20.6 Å². The topological polar surface area (TPSA) is 129 Å². The molecule has 1 amide bonds. The van der Waals surface area contributed by atoms with E-state index in [1.54, 1.807) is 18.3 Å². The molecule has 10 nitrogen and oxygen atoms in total. The number of rotatable bonds is 11. The number of hydrazone groups is 1. The number of nitrogen functional groups attached to an aromatic ring is 1. The number of nitrogens with zero attached hydrogens (tertiary/aromatic N) is 4. The standard InChI is InChI=1S/C21H25N7O3S/c1-3-30-16-11-9-15(10-12-16)13-23-25-20-26-27-21(28(20)22)32-14-19(29)24-17-7-5-6-8-18(17)31-4-2/h5-13H,3-4,14,22H2,1-2H3,(H,24,29)(H,25,26)/b23-13+. The number of thioether (sulfide) groups is 1. The Morgan fingerprint density at radius 2 is 1.88 bits per heavy atom. The third-order valence-corrected chi connectivity index (χ3v) is 4.97. The number of nitrogens with one attached hydrogen (secondary N) is 2. The van der Waals surface area contributed by atoms with Crippen LogP contribution in [-0.2, 0) is 4.79 Å². The van der Waals surface area contributed by atoms with Gasteiger partial charge in [-0.15, -0.1) is 10.2 Å². The van der Waals surface area contributed by atoms with Crippen molar-refractivity contribution in [3.63, 3.8) is 0 Å². The number of ether oxygens (including phenoxy) is 2. The minimum atomic E-state index is -0.215. The third kappa shape index (κ3) is 6.38. The Morgan fingerprint density at radius 3 is 2.62 bits per heavy atom. The summed E-state index contributed by atoms with van der Waals surface area (Å²) in [5.41, 5.74) is 4.23. The van der Waals surface area contributed by atoms with Crippen LogP contribution in [0.25, 0.3) is 0 Å². The molecular weight excluding hydrogens is 430 g/mol. The van der Waals surface area contributed by atoms with Gasteiger partial charge in [0, 0.05) is 0 Å². The fraction of sp³-hybridized carbons (Fsp3) is 0.238. The van der Waals surface area contributed by atoms with Crippen LogP contribution in [0.3, 0.4) is 0 Å². The van der Waals surface area contributed by atoms with Crippen molar-refractivity contribution in [3.05, 3.63) is 54.1 Å². The minimum Gasteiger partial charge on any atom is -0.494 e. The zero-order chi connectivity index (χ0) is 22.8. The molecule has 168 valence electrons. The normalized spacial score (nSPS) is 10.8. The van der Waals surface area contributed by atoms with Crippen molar-refractivity contribution >= 4 is 35.5 Å². The van der Waals surface area contributed by atoms with E-state index in [4.69, 9.17) is 15.3 Å². The van der Waals surface area contributed by atoms with Gasteiger partial charge in [0.2, 0.25) is 11.1 Å². The lowest BCUT2D eigenvalue weighted by Crippen LogP contribution is -2.17. The molecule has 2 aromatic carbocycles. The molecule has 0 unspecified atom stereocenters. The summed E-state index contributed by atoms with van der Waals surface area (Å²) in [6.45, 7) is 4.94. The van der Waals surface area contributed by atoms with E-state index in [0.717, 1.165) is 23.1 Å². The predicted octanol–water partition coefficient (Wildman–Crippen LogP) is 2.97. The zero-order valence-corrected chi connectivity index (χ0v) is 18.6. The monoisotopic (exact) mass is 455 g/mol. The molecule has 0 fully saturated rings. The van der Waals surface area contributed by atoms with E-state index < -0.39 is 0 Å². The van der Waals surface area contributed by atoms with Gasteiger partial charge in [-0.25, -0.2) is 10.1 Å². The van der Waals surface area contributed by atoms with Crippen molar-refractivity contribution in [2.75, 3.05) is 35.6 Å². The van der Waals surface area contributed by atoms with Crippen molar-refractivity contribution < 1.29 is 14.3 Å². The lowest BCUT2D eigenvalue weighted by molar-refractivity contribution is -0.113. The first-order chi connectivity index (χ1) is 15.6. The number of aromatic nitrogens is 3. The average Bonchev–Trinajstić information content (AvgIpc) is 3.15. The molecule has 0 aliphatic carbocycles. The third-order valence-electron chi connectivity index (χ3n) is 4.03. The van der Waals surface area contributed by atoms with Gasteiger partial charge in [-0.2, -0.15) is 5.10 Å². The van der Waals surface area contributed by atoms with Crippen molar-refractivity contribution in [2.45, 2.75) is 19.0 Å². The van der Waals surface area contributed by atoms with E-state index in [1.165, 1.54) is 4.68 Å². The molecule has 0 saturated carbocycles. The quantitative estimate of drug-likeness (QED) is 0.174. The van der Waals surface area contributed by atoms with E-state index in [2.05, 4.69) is 26.0 Å². The molecule has 0 radical (unpaired) electrons. The molecule has 3 aromatic rings. The summed E-state index contributed by atoms with van der Waals surface area (Å²) in [7, 11) is 0. The summed E-state index contributed by atoms with van der Waals surface area (Å²) >= 11 is 1.16. The highest BCUT2D eigenvalue weighted by molar-refractivity contribution is 7.99. The fourth-order valence-electron chi connectivity index (χ4n) is 2.60. The summed E-state index contributed by atoms with van der Waals surface area (Å²) in [6, 6.07) is 14.7. The lowest BCUT2D eigenvalue weighted by atomic mass is 10.2. The highest BCUT2D eigenvalue weighted by Crippen LogP contribution is 2.24. The summed E-state index contributed by atoms with van der Waals surface area (Å²) in [5.74, 6) is 7.55. The maximum absolute atomic E-state index is 12.3. The molecule has 4 N–H and O–H groups in total. The number of amides is 1. The molecule has 11 heteroatoms. The SMILES string of the molecule is CCOc1ccc(/C=N/Nc2nnc(SCC(=O)Nc3ccccc3OCC)n2N)cc1. The Morgan fingerprint density at radius 1 is 1.12 bits per heavy atom. The summed E-state index contributed by atoms with van der Waals surface area (Å²) in [5, 5.41) is 15.3. The summed E-state index contributed by atoms with van der Waals surface area (Å²) < 4.78 is 12.2. The first kappa shape index (κ1) is 22.9. The molecule has 0 aliphatic rings. The summed E-state index contributed by atoms with van der Waals surface area (Å²) in [4.78, 5) is 12.3. The van der Waals surface area contributed by atoms with Crippen LogP contribution in [0.2, 0.25) is 0 Å². The molecule has 0 bridgehead atoms. The van der Waals surface area contributed by atoms with Crippen LogP contribution in [0.5, 0.6) is 11.5 Å². The summed E-state index contributed by atoms with van der Waals surface area (Å²) in [6.07, 6.45) is 1.63. The Hall–Kier alpha value is -3.73. The van der Waals surface area contributed by atoms with Gasteiger partial charge in [0.1, 0.15) is 11.5 Å². The van der Waals surface area contributed by atoms with Gasteiger partial charge in [-0.3, -0.25) is 4.79 Å². The molecular formula is C21H25N7O3S. The van der Waals surface area contributed by atoms with Gasteiger partial charge in [0.25, 0.3) is 5.95 Å². The van der Waals surface area contributed by atoms with E-state index >= 15 is 0 Å². The first-order valence-corrected chi connectivity index (χ1v) is 11.0. The van der Waals surface area contributed by atoms with Crippen LogP contribution < -0.4 is 26.1 Å². The van der Waals surface area contributed by atoms with Gasteiger partial charge in [-0.1, -0.05) is 23.9 Å². The van der Waals surface area contributed by atoms with Crippen LogP contribution in [0.1, 0.15) is 19.4 Å². The van der Waals surface area contributed by atoms with Crippen LogP contribution in [0.4, 0.5) is 11.6 Å². The Bertz CT molecular complexity index is 1050. The number of benzene rings is 2. The number of hydrogen-bond acceptors (Lipinski definition) is 9. The molecule has 1 heterocycles. The number of carbonyl (C=O) groups is 1. The Balaban J connectivity index is 1.51. The van der Waals surface area contributed by atoms with Crippen LogP contribution in [0, 0.1) is 0 Å². The predicted molar refractivity (Wildman–Crippen MR) is 126 cm³/mol. The highest BCUT2D eigenvalue weighted by atomic mass is 32.2. The number of hydrogen-bond donors (Lipinski definition) is 3. The van der Waals surface area contributed by atoms with Crippen LogP contribution in [0.15, 0.2) is 58.8 Å². The van der Waals surface area contributed by atoms with Crippen LogP contribution >= 0.6 is 11.8 Å². The molecule has 0 atom stereocenters. The largest absolute Gasteiger partial charge is 0.494 e. The minimum absolute atomic E-state index is 0.102. The molecule has 0 spiro atoms.